The van der Waals surface area contributed by atoms with Crippen molar-refractivity contribution in [1.29, 1.82) is 0 Å². The van der Waals surface area contributed by atoms with Gasteiger partial charge >= 0.3 is 0 Å². The van der Waals surface area contributed by atoms with E-state index in [4.69, 9.17) is 9.47 Å². The van der Waals surface area contributed by atoms with E-state index in [2.05, 4.69) is 24.1 Å². The fourth-order valence-electron chi connectivity index (χ4n) is 1.56. The van der Waals surface area contributed by atoms with E-state index in [9.17, 15) is 0 Å². The fourth-order valence-corrected chi connectivity index (χ4v) is 1.56. The van der Waals surface area contributed by atoms with Crippen molar-refractivity contribution in [2.75, 3.05) is 26.4 Å². The van der Waals surface area contributed by atoms with Gasteiger partial charge in [0.2, 0.25) is 0 Å². The Balaban J connectivity index is 2.37. The summed E-state index contributed by atoms with van der Waals surface area (Å²) in [6, 6.07) is 4.24. The van der Waals surface area contributed by atoms with Gasteiger partial charge in [-0.1, -0.05) is 6.92 Å². The molecule has 0 fully saturated rings. The highest BCUT2D eigenvalue weighted by Gasteiger charge is 2.05. The van der Waals surface area contributed by atoms with Crippen molar-refractivity contribution >= 4 is 0 Å². The van der Waals surface area contributed by atoms with Gasteiger partial charge < -0.3 is 14.8 Å². The highest BCUT2D eigenvalue weighted by molar-refractivity contribution is 5.21. The molecule has 0 aliphatic rings. The summed E-state index contributed by atoms with van der Waals surface area (Å²) in [6.45, 7) is 9.17. The van der Waals surface area contributed by atoms with Crippen LogP contribution in [0.5, 0.6) is 5.75 Å². The molecule has 0 aliphatic carbocycles. The van der Waals surface area contributed by atoms with Crippen LogP contribution in [0.25, 0.3) is 0 Å². The van der Waals surface area contributed by atoms with Crippen molar-refractivity contribution in [2.24, 2.45) is 0 Å². The summed E-state index contributed by atoms with van der Waals surface area (Å²) in [5.74, 6) is 0.793. The maximum absolute atomic E-state index is 5.52. The van der Waals surface area contributed by atoms with Crippen molar-refractivity contribution < 1.29 is 9.47 Å². The van der Waals surface area contributed by atoms with Crippen LogP contribution in [0.3, 0.4) is 0 Å². The third-order valence-electron chi connectivity index (χ3n) is 2.60. The van der Waals surface area contributed by atoms with E-state index in [1.54, 1.807) is 6.20 Å². The van der Waals surface area contributed by atoms with Crippen LogP contribution in [0.2, 0.25) is 0 Å². The van der Waals surface area contributed by atoms with Gasteiger partial charge in [-0.2, -0.15) is 0 Å². The minimum absolute atomic E-state index is 0.280. The molecule has 0 saturated heterocycles. The van der Waals surface area contributed by atoms with Gasteiger partial charge in [-0.3, -0.25) is 4.98 Å². The second-order valence-corrected chi connectivity index (χ2v) is 4.14. The maximum atomic E-state index is 5.52. The molecule has 1 N–H and O–H groups in total. The molecule has 18 heavy (non-hydrogen) atoms. The molecule has 102 valence electrons. The summed E-state index contributed by atoms with van der Waals surface area (Å²) >= 11 is 0. The minimum atomic E-state index is 0.280. The predicted molar refractivity (Wildman–Crippen MR) is 72.9 cm³/mol. The maximum Gasteiger partial charge on any atom is 0.137 e. The molecule has 1 heterocycles. The lowest BCUT2D eigenvalue weighted by Crippen LogP contribution is -2.20. The zero-order valence-corrected chi connectivity index (χ0v) is 11.6. The van der Waals surface area contributed by atoms with Crippen molar-refractivity contribution in [3.63, 3.8) is 0 Å². The first-order chi connectivity index (χ1) is 8.77. The van der Waals surface area contributed by atoms with Gasteiger partial charge in [0.15, 0.2) is 0 Å². The van der Waals surface area contributed by atoms with E-state index >= 15 is 0 Å². The molecular weight excluding hydrogens is 228 g/mol. The number of hydrogen-bond acceptors (Lipinski definition) is 4. The Kier molecular flexibility index (Phi) is 7.37. The lowest BCUT2D eigenvalue weighted by molar-refractivity contribution is 0.110. The van der Waals surface area contributed by atoms with E-state index in [1.165, 1.54) is 0 Å². The predicted octanol–water partition coefficient (Wildman–Crippen LogP) is 2.56. The molecule has 0 aromatic carbocycles. The van der Waals surface area contributed by atoms with E-state index in [0.717, 1.165) is 31.0 Å². The largest absolute Gasteiger partial charge is 0.490 e. The van der Waals surface area contributed by atoms with Gasteiger partial charge in [0.05, 0.1) is 18.5 Å². The van der Waals surface area contributed by atoms with Crippen LogP contribution in [-0.2, 0) is 4.74 Å². The van der Waals surface area contributed by atoms with Crippen LogP contribution < -0.4 is 10.1 Å². The van der Waals surface area contributed by atoms with Gasteiger partial charge in [0.25, 0.3) is 0 Å². The first kappa shape index (κ1) is 14.9. The van der Waals surface area contributed by atoms with Gasteiger partial charge in [-0.15, -0.1) is 0 Å². The molecule has 0 radical (unpaired) electrons. The number of hydrogen-bond donors (Lipinski definition) is 1. The summed E-state index contributed by atoms with van der Waals surface area (Å²) in [6.07, 6.45) is 2.90. The summed E-state index contributed by atoms with van der Waals surface area (Å²) in [4.78, 5) is 4.40. The standard InChI is InChI=1S/C14H24N2O2/c1-4-8-15-12(3)14-7-6-13(11-16-14)18-10-9-17-5-2/h6-7,11-12,15H,4-5,8-10H2,1-3H3. The highest BCUT2D eigenvalue weighted by atomic mass is 16.5. The number of aromatic nitrogens is 1. The van der Waals surface area contributed by atoms with E-state index < -0.39 is 0 Å². The SMILES string of the molecule is CCCNC(C)c1ccc(OCCOCC)cn1. The third-order valence-corrected chi connectivity index (χ3v) is 2.60. The lowest BCUT2D eigenvalue weighted by Gasteiger charge is -2.13. The topological polar surface area (TPSA) is 43.4 Å². The molecule has 0 bridgehead atoms. The van der Waals surface area contributed by atoms with Crippen LogP contribution >= 0.6 is 0 Å². The van der Waals surface area contributed by atoms with Gasteiger partial charge in [-0.05, 0) is 38.9 Å². The molecule has 1 aromatic rings. The molecule has 0 spiro atoms. The average Bonchev–Trinajstić information content (AvgIpc) is 2.41. The Morgan fingerprint density at radius 1 is 1.28 bits per heavy atom. The monoisotopic (exact) mass is 252 g/mol. The quantitative estimate of drug-likeness (QED) is 0.686. The fraction of sp³-hybridized carbons (Fsp3) is 0.643. The molecule has 0 aliphatic heterocycles. The molecule has 1 rings (SSSR count). The van der Waals surface area contributed by atoms with Crippen LogP contribution in [0.4, 0.5) is 0 Å². The second-order valence-electron chi connectivity index (χ2n) is 4.14. The molecule has 4 heteroatoms. The van der Waals surface area contributed by atoms with Crippen LogP contribution in [-0.4, -0.2) is 31.3 Å². The molecule has 1 unspecified atom stereocenters. The van der Waals surface area contributed by atoms with E-state index in [-0.39, 0.29) is 6.04 Å². The summed E-state index contributed by atoms with van der Waals surface area (Å²) in [7, 11) is 0. The molecule has 0 amide bonds. The van der Waals surface area contributed by atoms with E-state index in [1.807, 2.05) is 19.1 Å². The van der Waals surface area contributed by atoms with Gasteiger partial charge in [0, 0.05) is 12.6 Å². The highest BCUT2D eigenvalue weighted by Crippen LogP contribution is 2.14. The third kappa shape index (κ3) is 5.47. The zero-order chi connectivity index (χ0) is 13.2. The van der Waals surface area contributed by atoms with Crippen LogP contribution in [0, 0.1) is 0 Å². The summed E-state index contributed by atoms with van der Waals surface area (Å²) in [5.41, 5.74) is 1.04. The van der Waals surface area contributed by atoms with Gasteiger partial charge in [0.1, 0.15) is 12.4 Å². The Morgan fingerprint density at radius 2 is 2.11 bits per heavy atom. The number of nitrogens with zero attached hydrogens (tertiary/aromatic N) is 1. The molecule has 4 nitrogen and oxygen atoms in total. The molecule has 0 saturated carbocycles. The normalized spacial score (nSPS) is 12.4. The Hall–Kier alpha value is -1.13. The zero-order valence-electron chi connectivity index (χ0n) is 11.6. The van der Waals surface area contributed by atoms with Crippen LogP contribution in [0.1, 0.15) is 38.9 Å². The van der Waals surface area contributed by atoms with Crippen molar-refractivity contribution in [3.05, 3.63) is 24.0 Å². The summed E-state index contributed by atoms with van der Waals surface area (Å²) < 4.78 is 10.7. The number of pyridine rings is 1. The number of ether oxygens (including phenoxy) is 2. The Labute approximate surface area is 110 Å². The first-order valence-corrected chi connectivity index (χ1v) is 6.67. The molecule has 1 atom stereocenters. The van der Waals surface area contributed by atoms with Crippen molar-refractivity contribution in [1.82, 2.24) is 10.3 Å². The average molecular weight is 252 g/mol. The Morgan fingerprint density at radius 3 is 2.72 bits per heavy atom. The number of nitrogens with one attached hydrogen (secondary N) is 1. The first-order valence-electron chi connectivity index (χ1n) is 6.67. The minimum Gasteiger partial charge on any atom is -0.490 e. The van der Waals surface area contributed by atoms with E-state index in [0.29, 0.717) is 13.2 Å². The smallest absolute Gasteiger partial charge is 0.137 e. The summed E-state index contributed by atoms with van der Waals surface area (Å²) in [5, 5.41) is 3.40. The molecular formula is C14H24N2O2. The second kappa shape index (κ2) is 8.89. The number of rotatable bonds is 9. The van der Waals surface area contributed by atoms with Crippen molar-refractivity contribution in [3.8, 4) is 5.75 Å². The van der Waals surface area contributed by atoms with Gasteiger partial charge in [-0.25, -0.2) is 0 Å². The van der Waals surface area contributed by atoms with Crippen LogP contribution in [0.15, 0.2) is 18.3 Å². The molecule has 1 aromatic heterocycles. The lowest BCUT2D eigenvalue weighted by atomic mass is 10.2. The Bertz CT molecular complexity index is 314. The van der Waals surface area contributed by atoms with Crippen molar-refractivity contribution in [2.45, 2.75) is 33.2 Å².